The van der Waals surface area contributed by atoms with E-state index in [9.17, 15) is 25.6 Å². The molecule has 0 atom stereocenters. The molecular weight excluding hydrogens is 458 g/mol. The zero-order valence-electron chi connectivity index (χ0n) is 16.8. The number of anilines is 1. The van der Waals surface area contributed by atoms with Crippen molar-refractivity contribution in [2.24, 2.45) is 0 Å². The smallest absolute Gasteiger partial charge is 0.243 e. The van der Waals surface area contributed by atoms with Crippen LogP contribution >= 0.6 is 0 Å². The first kappa shape index (κ1) is 22.4. The molecule has 0 saturated carbocycles. The Kier molecular flexibility index (Phi) is 6.02. The highest BCUT2D eigenvalue weighted by molar-refractivity contribution is 7.91. The van der Waals surface area contributed by atoms with Crippen LogP contribution in [-0.4, -0.2) is 27.7 Å². The molecule has 0 spiro atoms. The van der Waals surface area contributed by atoms with Crippen LogP contribution in [0.15, 0.2) is 71.6 Å². The van der Waals surface area contributed by atoms with E-state index >= 15 is 0 Å². The lowest BCUT2D eigenvalue weighted by atomic mass is 10.0. The highest BCUT2D eigenvalue weighted by atomic mass is 32.2. The van der Waals surface area contributed by atoms with Gasteiger partial charge in [0, 0.05) is 24.3 Å². The van der Waals surface area contributed by atoms with E-state index in [-0.39, 0.29) is 29.2 Å². The molecule has 32 heavy (non-hydrogen) atoms. The summed E-state index contributed by atoms with van der Waals surface area (Å²) < 4.78 is 81.6. The highest BCUT2D eigenvalue weighted by Crippen LogP contribution is 2.28. The minimum absolute atomic E-state index is 0.0101. The number of nitrogens with one attached hydrogen (secondary N) is 1. The lowest BCUT2D eigenvalue weighted by Gasteiger charge is -2.28. The van der Waals surface area contributed by atoms with E-state index in [0.29, 0.717) is 12.0 Å². The van der Waals surface area contributed by atoms with Gasteiger partial charge >= 0.3 is 0 Å². The molecule has 0 bridgehead atoms. The largest absolute Gasteiger partial charge is 0.283 e. The number of hydrogen-bond donors (Lipinski definition) is 1. The van der Waals surface area contributed by atoms with Crippen LogP contribution in [0.4, 0.5) is 14.5 Å². The van der Waals surface area contributed by atoms with Gasteiger partial charge < -0.3 is 0 Å². The molecule has 1 aliphatic rings. The van der Waals surface area contributed by atoms with Gasteiger partial charge in [-0.05, 0) is 60.0 Å². The fraction of sp³-hybridized carbons (Fsp3) is 0.182. The summed E-state index contributed by atoms with van der Waals surface area (Å²) in [6.45, 7) is 0.309. The molecule has 0 aliphatic carbocycles. The second kappa shape index (κ2) is 8.61. The van der Waals surface area contributed by atoms with Crippen LogP contribution in [0.2, 0.25) is 0 Å². The summed E-state index contributed by atoms with van der Waals surface area (Å²) in [6, 6.07) is 15.2. The Morgan fingerprint density at radius 2 is 1.59 bits per heavy atom. The van der Waals surface area contributed by atoms with Crippen molar-refractivity contribution in [2.45, 2.75) is 23.6 Å². The summed E-state index contributed by atoms with van der Waals surface area (Å²) in [7, 11) is -7.71. The normalized spacial score (nSPS) is 14.7. The van der Waals surface area contributed by atoms with Gasteiger partial charge in [-0.3, -0.25) is 4.72 Å². The quantitative estimate of drug-likeness (QED) is 0.586. The summed E-state index contributed by atoms with van der Waals surface area (Å²) in [5, 5.41) is 0. The monoisotopic (exact) mass is 478 g/mol. The lowest BCUT2D eigenvalue weighted by Crippen LogP contribution is -2.36. The first-order chi connectivity index (χ1) is 15.1. The molecule has 0 amide bonds. The van der Waals surface area contributed by atoms with Crippen molar-refractivity contribution in [2.75, 3.05) is 11.3 Å². The maximum Gasteiger partial charge on any atom is 0.243 e. The topological polar surface area (TPSA) is 83.6 Å². The standard InChI is InChI=1S/C22H20F2N2O4S2/c23-19-6-9-21(10-7-19)32(29,30)26-12-11-16-5-8-20(13-18(16)14-26)25-31(27,28)15-17-3-1-2-4-22(17)24/h1-10,13,25H,11-12,14-15H2. The molecule has 1 heterocycles. The molecule has 1 aliphatic heterocycles. The minimum atomic E-state index is -3.88. The molecule has 168 valence electrons. The molecule has 10 heteroatoms. The van der Waals surface area contributed by atoms with Crippen LogP contribution in [0.25, 0.3) is 0 Å². The molecule has 3 aromatic rings. The number of hydrogen-bond acceptors (Lipinski definition) is 4. The number of benzene rings is 3. The number of rotatable bonds is 6. The van der Waals surface area contributed by atoms with Crippen molar-refractivity contribution >= 4 is 25.7 Å². The Balaban J connectivity index is 1.54. The summed E-state index contributed by atoms with van der Waals surface area (Å²) in [5.74, 6) is -1.66. The van der Waals surface area contributed by atoms with E-state index < -0.39 is 37.4 Å². The van der Waals surface area contributed by atoms with Gasteiger partial charge in [-0.15, -0.1) is 0 Å². The third kappa shape index (κ3) is 4.82. The van der Waals surface area contributed by atoms with E-state index in [0.717, 1.165) is 17.7 Å². The number of sulfonamides is 2. The van der Waals surface area contributed by atoms with E-state index in [4.69, 9.17) is 0 Å². The van der Waals surface area contributed by atoms with Crippen molar-refractivity contribution in [1.29, 1.82) is 0 Å². The number of nitrogens with zero attached hydrogens (tertiary/aromatic N) is 1. The predicted octanol–water partition coefficient (Wildman–Crippen LogP) is 3.65. The molecule has 0 unspecified atom stereocenters. The average Bonchev–Trinajstić information content (AvgIpc) is 2.75. The van der Waals surface area contributed by atoms with Gasteiger partial charge in [0.25, 0.3) is 0 Å². The number of halogens is 2. The summed E-state index contributed by atoms with van der Waals surface area (Å²) in [6.07, 6.45) is 0.456. The van der Waals surface area contributed by atoms with Crippen molar-refractivity contribution in [3.05, 3.63) is 95.1 Å². The molecule has 0 aromatic heterocycles. The van der Waals surface area contributed by atoms with Crippen LogP contribution in [0.3, 0.4) is 0 Å². The third-order valence-corrected chi connectivity index (χ3v) is 8.31. The van der Waals surface area contributed by atoms with Crippen molar-refractivity contribution in [3.63, 3.8) is 0 Å². The SMILES string of the molecule is O=S(=O)(Cc1ccccc1F)Nc1ccc2c(c1)CN(S(=O)(=O)c1ccc(F)cc1)CC2. The minimum Gasteiger partial charge on any atom is -0.283 e. The summed E-state index contributed by atoms with van der Waals surface area (Å²) >= 11 is 0. The lowest BCUT2D eigenvalue weighted by molar-refractivity contribution is 0.391. The van der Waals surface area contributed by atoms with E-state index in [2.05, 4.69) is 4.72 Å². The van der Waals surface area contributed by atoms with Gasteiger partial charge in [-0.2, -0.15) is 4.31 Å². The van der Waals surface area contributed by atoms with E-state index in [1.54, 1.807) is 24.3 Å². The maximum atomic E-state index is 13.8. The molecule has 0 radical (unpaired) electrons. The van der Waals surface area contributed by atoms with Gasteiger partial charge in [0.15, 0.2) is 0 Å². The summed E-state index contributed by atoms with van der Waals surface area (Å²) in [4.78, 5) is -0.0101. The van der Waals surface area contributed by atoms with Crippen LogP contribution in [-0.2, 0) is 38.8 Å². The van der Waals surface area contributed by atoms with E-state index in [1.165, 1.54) is 34.6 Å². The second-order valence-corrected chi connectivity index (χ2v) is 11.1. The van der Waals surface area contributed by atoms with Crippen LogP contribution in [0.1, 0.15) is 16.7 Å². The van der Waals surface area contributed by atoms with Gasteiger partial charge in [0.05, 0.1) is 10.6 Å². The Labute approximate surface area is 185 Å². The first-order valence-corrected chi connectivity index (χ1v) is 12.8. The fourth-order valence-corrected chi connectivity index (χ4v) is 6.21. The molecular formula is C22H20F2N2O4S2. The first-order valence-electron chi connectivity index (χ1n) is 9.75. The molecule has 6 nitrogen and oxygen atoms in total. The summed E-state index contributed by atoms with van der Waals surface area (Å²) in [5.41, 5.74) is 1.89. The van der Waals surface area contributed by atoms with E-state index in [1.807, 2.05) is 0 Å². The fourth-order valence-electron chi connectivity index (χ4n) is 3.59. The Morgan fingerprint density at radius 3 is 2.31 bits per heavy atom. The molecule has 4 rings (SSSR count). The molecule has 3 aromatic carbocycles. The average molecular weight is 479 g/mol. The zero-order valence-corrected chi connectivity index (χ0v) is 18.5. The van der Waals surface area contributed by atoms with Crippen molar-refractivity contribution in [3.8, 4) is 0 Å². The molecule has 1 N–H and O–H groups in total. The van der Waals surface area contributed by atoms with Crippen molar-refractivity contribution < 1.29 is 25.6 Å². The Morgan fingerprint density at radius 1 is 0.875 bits per heavy atom. The highest BCUT2D eigenvalue weighted by Gasteiger charge is 2.28. The Bertz CT molecular complexity index is 1360. The van der Waals surface area contributed by atoms with Crippen LogP contribution in [0, 0.1) is 11.6 Å². The van der Waals surface area contributed by atoms with Crippen LogP contribution in [0.5, 0.6) is 0 Å². The van der Waals surface area contributed by atoms with Gasteiger partial charge in [-0.25, -0.2) is 25.6 Å². The predicted molar refractivity (Wildman–Crippen MR) is 117 cm³/mol. The maximum absolute atomic E-state index is 13.8. The second-order valence-electron chi connectivity index (χ2n) is 7.48. The van der Waals surface area contributed by atoms with Gasteiger partial charge in [0.1, 0.15) is 11.6 Å². The van der Waals surface area contributed by atoms with Gasteiger partial charge in [-0.1, -0.05) is 24.3 Å². The van der Waals surface area contributed by atoms with Crippen molar-refractivity contribution in [1.82, 2.24) is 4.31 Å². The zero-order chi connectivity index (χ0) is 22.9. The number of fused-ring (bicyclic) bond motifs is 1. The molecule has 0 fully saturated rings. The Hall–Kier alpha value is -2.82. The van der Waals surface area contributed by atoms with Crippen LogP contribution < -0.4 is 4.72 Å². The third-order valence-electron chi connectivity index (χ3n) is 5.21. The van der Waals surface area contributed by atoms with Gasteiger partial charge in [0.2, 0.25) is 20.0 Å². The molecule has 0 saturated heterocycles.